The third-order valence-corrected chi connectivity index (χ3v) is 2.89. The fourth-order valence-electron chi connectivity index (χ4n) is 1.99. The van der Waals surface area contributed by atoms with Crippen molar-refractivity contribution < 1.29 is 9.53 Å². The van der Waals surface area contributed by atoms with E-state index in [1.807, 2.05) is 18.7 Å². The van der Waals surface area contributed by atoms with Crippen LogP contribution in [-0.4, -0.2) is 43.2 Å². The van der Waals surface area contributed by atoms with Crippen molar-refractivity contribution in [1.29, 1.82) is 0 Å². The zero-order valence-electron chi connectivity index (χ0n) is 9.74. The highest BCUT2D eigenvalue weighted by atomic mass is 16.5. The zero-order chi connectivity index (χ0) is 11.3. The van der Waals surface area contributed by atoms with E-state index in [2.05, 4.69) is 0 Å². The Bertz CT molecular complexity index is 209. The van der Waals surface area contributed by atoms with E-state index in [1.54, 1.807) is 0 Å². The lowest BCUT2D eigenvalue weighted by Crippen LogP contribution is -2.46. The molecule has 1 fully saturated rings. The Labute approximate surface area is 91.8 Å². The van der Waals surface area contributed by atoms with Crippen molar-refractivity contribution in [2.24, 2.45) is 11.7 Å². The second-order valence-corrected chi connectivity index (χ2v) is 4.14. The summed E-state index contributed by atoms with van der Waals surface area (Å²) >= 11 is 0. The van der Waals surface area contributed by atoms with Crippen LogP contribution in [0.4, 0.5) is 0 Å². The number of carbonyl (C=O) groups excluding carboxylic acids is 1. The first kappa shape index (κ1) is 12.5. The minimum Gasteiger partial charge on any atom is -0.375 e. The lowest BCUT2D eigenvalue weighted by Gasteiger charge is -2.33. The standard InChI is InChI=1S/C11H22N2O2/c1-3-15-10(7-12)8-13-6-4-5-9(2)11(13)14/h9-10H,3-8,12H2,1-2H3. The topological polar surface area (TPSA) is 55.6 Å². The molecular formula is C11H22N2O2. The van der Waals surface area contributed by atoms with Crippen LogP contribution in [0.5, 0.6) is 0 Å². The Morgan fingerprint density at radius 2 is 2.40 bits per heavy atom. The van der Waals surface area contributed by atoms with E-state index >= 15 is 0 Å². The van der Waals surface area contributed by atoms with E-state index in [0.29, 0.717) is 19.7 Å². The van der Waals surface area contributed by atoms with Crippen LogP contribution in [-0.2, 0) is 9.53 Å². The van der Waals surface area contributed by atoms with Crippen LogP contribution in [0.15, 0.2) is 0 Å². The molecule has 1 rings (SSSR count). The van der Waals surface area contributed by atoms with E-state index < -0.39 is 0 Å². The fourth-order valence-corrected chi connectivity index (χ4v) is 1.99. The number of rotatable bonds is 5. The number of nitrogens with two attached hydrogens (primary N) is 1. The highest BCUT2D eigenvalue weighted by molar-refractivity contribution is 5.79. The Morgan fingerprint density at radius 1 is 1.67 bits per heavy atom. The summed E-state index contributed by atoms with van der Waals surface area (Å²) in [6, 6.07) is 0. The van der Waals surface area contributed by atoms with Crippen molar-refractivity contribution in [2.45, 2.75) is 32.8 Å². The second kappa shape index (κ2) is 6.08. The molecule has 88 valence electrons. The molecule has 0 radical (unpaired) electrons. The molecule has 2 atom stereocenters. The van der Waals surface area contributed by atoms with Gasteiger partial charge in [0.05, 0.1) is 6.10 Å². The molecule has 0 aromatic rings. The van der Waals surface area contributed by atoms with Crippen LogP contribution in [0, 0.1) is 5.92 Å². The molecule has 2 unspecified atom stereocenters. The van der Waals surface area contributed by atoms with Gasteiger partial charge in [0.2, 0.25) is 5.91 Å². The van der Waals surface area contributed by atoms with Crippen molar-refractivity contribution in [2.75, 3.05) is 26.2 Å². The highest BCUT2D eigenvalue weighted by Gasteiger charge is 2.26. The van der Waals surface area contributed by atoms with E-state index in [4.69, 9.17) is 10.5 Å². The number of ether oxygens (including phenoxy) is 1. The molecule has 2 N–H and O–H groups in total. The third kappa shape index (κ3) is 3.47. The van der Waals surface area contributed by atoms with Gasteiger partial charge in [-0.15, -0.1) is 0 Å². The molecular weight excluding hydrogens is 192 g/mol. The first-order chi connectivity index (χ1) is 7.19. The molecule has 1 amide bonds. The van der Waals surface area contributed by atoms with Crippen molar-refractivity contribution >= 4 is 5.91 Å². The molecule has 15 heavy (non-hydrogen) atoms. The molecule has 1 heterocycles. The average molecular weight is 214 g/mol. The van der Waals surface area contributed by atoms with Crippen LogP contribution >= 0.6 is 0 Å². The maximum absolute atomic E-state index is 11.8. The van der Waals surface area contributed by atoms with Gasteiger partial charge >= 0.3 is 0 Å². The second-order valence-electron chi connectivity index (χ2n) is 4.14. The van der Waals surface area contributed by atoms with Crippen LogP contribution < -0.4 is 5.73 Å². The summed E-state index contributed by atoms with van der Waals surface area (Å²) in [6.45, 7) is 6.57. The van der Waals surface area contributed by atoms with E-state index in [1.165, 1.54) is 0 Å². The summed E-state index contributed by atoms with van der Waals surface area (Å²) < 4.78 is 5.46. The van der Waals surface area contributed by atoms with Gasteiger partial charge in [-0.2, -0.15) is 0 Å². The van der Waals surface area contributed by atoms with E-state index in [0.717, 1.165) is 19.4 Å². The Hall–Kier alpha value is -0.610. The molecule has 1 saturated heterocycles. The number of likely N-dealkylation sites (tertiary alicyclic amines) is 1. The molecule has 0 aromatic heterocycles. The van der Waals surface area contributed by atoms with Crippen LogP contribution in [0.25, 0.3) is 0 Å². The monoisotopic (exact) mass is 214 g/mol. The smallest absolute Gasteiger partial charge is 0.225 e. The van der Waals surface area contributed by atoms with Gasteiger partial charge in [0.1, 0.15) is 0 Å². The largest absolute Gasteiger partial charge is 0.375 e. The van der Waals surface area contributed by atoms with E-state index in [9.17, 15) is 4.79 Å². The molecule has 1 aliphatic rings. The molecule has 1 aliphatic heterocycles. The number of amides is 1. The number of hydrogen-bond donors (Lipinski definition) is 1. The summed E-state index contributed by atoms with van der Waals surface area (Å²) in [5.74, 6) is 0.415. The maximum atomic E-state index is 11.8. The SMILES string of the molecule is CCOC(CN)CN1CCCC(C)C1=O. The minimum absolute atomic E-state index is 0.00995. The Balaban J connectivity index is 2.44. The summed E-state index contributed by atoms with van der Waals surface area (Å²) in [5.41, 5.74) is 5.59. The normalized spacial score (nSPS) is 24.3. The van der Waals surface area contributed by atoms with Crippen LogP contribution in [0.2, 0.25) is 0 Å². The Kier molecular flexibility index (Phi) is 5.05. The predicted molar refractivity (Wildman–Crippen MR) is 59.4 cm³/mol. The summed E-state index contributed by atoms with van der Waals surface area (Å²) in [5, 5.41) is 0. The zero-order valence-corrected chi connectivity index (χ0v) is 9.74. The van der Waals surface area contributed by atoms with Gasteiger partial charge < -0.3 is 15.4 Å². The van der Waals surface area contributed by atoms with Gasteiger partial charge in [-0.25, -0.2) is 0 Å². The average Bonchev–Trinajstić information content (AvgIpc) is 2.24. The quantitative estimate of drug-likeness (QED) is 0.729. The molecule has 4 heteroatoms. The highest BCUT2D eigenvalue weighted by Crippen LogP contribution is 2.17. The van der Waals surface area contributed by atoms with Gasteiger partial charge in [-0.3, -0.25) is 4.79 Å². The van der Waals surface area contributed by atoms with Crippen LogP contribution in [0.3, 0.4) is 0 Å². The summed E-state index contributed by atoms with van der Waals surface area (Å²) in [7, 11) is 0. The number of carbonyl (C=O) groups is 1. The number of hydrogen-bond acceptors (Lipinski definition) is 3. The van der Waals surface area contributed by atoms with Gasteiger partial charge in [0.15, 0.2) is 0 Å². The molecule has 0 bridgehead atoms. The molecule has 0 aromatic carbocycles. The first-order valence-corrected chi connectivity index (χ1v) is 5.79. The van der Waals surface area contributed by atoms with Crippen molar-refractivity contribution in [1.82, 2.24) is 4.90 Å². The van der Waals surface area contributed by atoms with Gasteiger partial charge in [-0.05, 0) is 19.8 Å². The number of piperidine rings is 1. The van der Waals surface area contributed by atoms with Gasteiger partial charge in [0, 0.05) is 32.2 Å². The molecule has 0 spiro atoms. The van der Waals surface area contributed by atoms with Crippen molar-refractivity contribution in [3.8, 4) is 0 Å². The lowest BCUT2D eigenvalue weighted by molar-refractivity contribution is -0.139. The van der Waals surface area contributed by atoms with Crippen molar-refractivity contribution in [3.63, 3.8) is 0 Å². The predicted octanol–water partition coefficient (Wildman–Crippen LogP) is 0.609. The number of nitrogens with zero attached hydrogens (tertiary/aromatic N) is 1. The van der Waals surface area contributed by atoms with Crippen LogP contribution in [0.1, 0.15) is 26.7 Å². The first-order valence-electron chi connectivity index (χ1n) is 5.79. The van der Waals surface area contributed by atoms with Crippen molar-refractivity contribution in [3.05, 3.63) is 0 Å². The molecule has 4 nitrogen and oxygen atoms in total. The Morgan fingerprint density at radius 3 is 3.00 bits per heavy atom. The van der Waals surface area contributed by atoms with Gasteiger partial charge in [0.25, 0.3) is 0 Å². The lowest BCUT2D eigenvalue weighted by atomic mass is 9.99. The molecule has 0 aliphatic carbocycles. The minimum atomic E-state index is -0.00995. The van der Waals surface area contributed by atoms with Gasteiger partial charge in [-0.1, -0.05) is 6.92 Å². The molecule has 0 saturated carbocycles. The summed E-state index contributed by atoms with van der Waals surface area (Å²) in [6.07, 6.45) is 2.09. The van der Waals surface area contributed by atoms with E-state index in [-0.39, 0.29) is 17.9 Å². The maximum Gasteiger partial charge on any atom is 0.225 e. The summed E-state index contributed by atoms with van der Waals surface area (Å²) in [4.78, 5) is 13.7. The third-order valence-electron chi connectivity index (χ3n) is 2.89. The fraction of sp³-hybridized carbons (Fsp3) is 0.909.